The van der Waals surface area contributed by atoms with Crippen LogP contribution in [0.5, 0.6) is 0 Å². The molecule has 3 nitrogen and oxygen atoms in total. The molecule has 0 saturated heterocycles. The minimum atomic E-state index is -0.625. The Bertz CT molecular complexity index is 1340. The standard InChI is InChI=1S/C25H18F2N2O/c26-15-9-10-19(21(27)12-15)17-4-1-5-18-16(17)3-2-6-20(18)25(30)24-22-13-7-8-14(11-13)23(22)28-29-24/h1-6,9-10,12-14H,7-8,11H2,(H,28,29). The molecule has 3 aromatic carbocycles. The molecule has 2 aliphatic carbocycles. The first-order valence-electron chi connectivity index (χ1n) is 10.2. The van der Waals surface area contributed by atoms with E-state index in [2.05, 4.69) is 10.2 Å². The highest BCUT2D eigenvalue weighted by molar-refractivity contribution is 6.18. The molecule has 2 atom stereocenters. The second kappa shape index (κ2) is 6.33. The zero-order valence-electron chi connectivity index (χ0n) is 16.1. The number of nitrogens with zero attached hydrogens (tertiary/aromatic N) is 1. The Morgan fingerprint density at radius 2 is 1.73 bits per heavy atom. The summed E-state index contributed by atoms with van der Waals surface area (Å²) in [5.41, 5.74) is 4.23. The fourth-order valence-corrected chi connectivity index (χ4v) is 5.35. The van der Waals surface area contributed by atoms with Crippen LogP contribution in [0, 0.1) is 11.6 Å². The van der Waals surface area contributed by atoms with Crippen LogP contribution in [0.4, 0.5) is 8.78 Å². The van der Waals surface area contributed by atoms with E-state index in [1.807, 2.05) is 12.1 Å². The van der Waals surface area contributed by atoms with Crippen molar-refractivity contribution < 1.29 is 13.6 Å². The van der Waals surface area contributed by atoms with E-state index in [0.29, 0.717) is 34.2 Å². The molecule has 30 heavy (non-hydrogen) atoms. The summed E-state index contributed by atoms with van der Waals surface area (Å²) < 4.78 is 27.8. The molecule has 0 spiro atoms. The minimum absolute atomic E-state index is 0.109. The maximum atomic E-state index is 14.5. The number of nitrogens with one attached hydrogen (secondary N) is 1. The van der Waals surface area contributed by atoms with Crippen LogP contribution < -0.4 is 0 Å². The Morgan fingerprint density at radius 3 is 2.60 bits per heavy atom. The zero-order chi connectivity index (χ0) is 20.4. The Kier molecular flexibility index (Phi) is 3.69. The summed E-state index contributed by atoms with van der Waals surface area (Å²) in [6.45, 7) is 0. The Labute approximate surface area is 171 Å². The summed E-state index contributed by atoms with van der Waals surface area (Å²) in [6, 6.07) is 14.5. The molecule has 1 saturated carbocycles. The largest absolute Gasteiger partial charge is 0.287 e. The molecule has 1 aromatic heterocycles. The van der Waals surface area contributed by atoms with Crippen molar-refractivity contribution in [3.05, 3.63) is 88.7 Å². The lowest BCUT2D eigenvalue weighted by Crippen LogP contribution is -2.08. The topological polar surface area (TPSA) is 45.8 Å². The third kappa shape index (κ3) is 2.41. The van der Waals surface area contributed by atoms with Crippen LogP contribution in [0.2, 0.25) is 0 Å². The third-order valence-corrected chi connectivity index (χ3v) is 6.69. The quantitative estimate of drug-likeness (QED) is 0.422. The monoisotopic (exact) mass is 400 g/mol. The third-order valence-electron chi connectivity index (χ3n) is 6.69. The maximum absolute atomic E-state index is 14.5. The second-order valence-corrected chi connectivity index (χ2v) is 8.27. The molecule has 0 radical (unpaired) electrons. The molecular formula is C25H18F2N2O. The van der Waals surface area contributed by atoms with Gasteiger partial charge in [0, 0.05) is 34.4 Å². The molecule has 1 N–H and O–H groups in total. The highest BCUT2D eigenvalue weighted by Gasteiger charge is 2.42. The molecule has 5 heteroatoms. The second-order valence-electron chi connectivity index (χ2n) is 8.27. The van der Waals surface area contributed by atoms with Gasteiger partial charge in [0.05, 0.1) is 0 Å². The number of ketones is 1. The fourth-order valence-electron chi connectivity index (χ4n) is 5.35. The van der Waals surface area contributed by atoms with Gasteiger partial charge >= 0.3 is 0 Å². The van der Waals surface area contributed by atoms with Crippen molar-refractivity contribution in [3.63, 3.8) is 0 Å². The molecule has 2 unspecified atom stereocenters. The number of hydrogen-bond acceptors (Lipinski definition) is 2. The predicted octanol–water partition coefficient (Wildman–Crippen LogP) is 6.10. The lowest BCUT2D eigenvalue weighted by atomic mass is 9.90. The van der Waals surface area contributed by atoms with Gasteiger partial charge in [0.1, 0.15) is 17.3 Å². The van der Waals surface area contributed by atoms with Crippen LogP contribution in [0.1, 0.15) is 58.4 Å². The molecule has 4 aromatic rings. The maximum Gasteiger partial charge on any atom is 0.214 e. The van der Waals surface area contributed by atoms with E-state index >= 15 is 0 Å². The highest BCUT2D eigenvalue weighted by atomic mass is 19.1. The van der Waals surface area contributed by atoms with E-state index in [4.69, 9.17) is 0 Å². The Balaban J connectivity index is 1.51. The van der Waals surface area contributed by atoms with E-state index in [1.54, 1.807) is 24.3 Å². The molecule has 1 fully saturated rings. The molecular weight excluding hydrogens is 382 g/mol. The first kappa shape index (κ1) is 17.5. The number of fused-ring (bicyclic) bond motifs is 6. The van der Waals surface area contributed by atoms with Gasteiger partial charge in [0.2, 0.25) is 5.78 Å². The van der Waals surface area contributed by atoms with Crippen LogP contribution in [-0.4, -0.2) is 16.0 Å². The number of carbonyl (C=O) groups excluding carboxylic acids is 1. The van der Waals surface area contributed by atoms with E-state index in [0.717, 1.165) is 47.4 Å². The van der Waals surface area contributed by atoms with Crippen molar-refractivity contribution in [3.8, 4) is 11.1 Å². The number of carbonyl (C=O) groups is 1. The zero-order valence-corrected chi connectivity index (χ0v) is 16.1. The van der Waals surface area contributed by atoms with Gasteiger partial charge in [-0.1, -0.05) is 36.4 Å². The van der Waals surface area contributed by atoms with Gasteiger partial charge in [-0.2, -0.15) is 5.10 Å². The normalized spacial score (nSPS) is 19.4. The van der Waals surface area contributed by atoms with Crippen LogP contribution >= 0.6 is 0 Å². The van der Waals surface area contributed by atoms with Gasteiger partial charge < -0.3 is 0 Å². The number of rotatable bonds is 3. The first-order valence-corrected chi connectivity index (χ1v) is 10.2. The van der Waals surface area contributed by atoms with E-state index in [1.165, 1.54) is 12.1 Å². The molecule has 2 aliphatic rings. The average Bonchev–Trinajstić information content (AvgIpc) is 3.47. The SMILES string of the molecule is O=C(c1n[nH]c2c1C1CCC2C1)c1cccc2c(-c3ccc(F)cc3F)cccc12. The lowest BCUT2D eigenvalue weighted by molar-refractivity contribution is 0.103. The number of hydrogen-bond donors (Lipinski definition) is 1. The summed E-state index contributed by atoms with van der Waals surface area (Å²) in [4.78, 5) is 13.5. The molecule has 0 aliphatic heterocycles. The van der Waals surface area contributed by atoms with Crippen LogP contribution in [0.25, 0.3) is 21.9 Å². The molecule has 6 rings (SSSR count). The Hall–Kier alpha value is -3.34. The number of benzene rings is 3. The van der Waals surface area contributed by atoms with E-state index in [9.17, 15) is 13.6 Å². The van der Waals surface area contributed by atoms with E-state index in [-0.39, 0.29) is 5.78 Å². The smallest absolute Gasteiger partial charge is 0.214 e. The highest BCUT2D eigenvalue weighted by Crippen LogP contribution is 2.53. The van der Waals surface area contributed by atoms with Crippen molar-refractivity contribution in [2.75, 3.05) is 0 Å². The van der Waals surface area contributed by atoms with Crippen molar-refractivity contribution in [2.45, 2.75) is 31.1 Å². The van der Waals surface area contributed by atoms with Gasteiger partial charge in [-0.25, -0.2) is 8.78 Å². The summed E-state index contributed by atoms with van der Waals surface area (Å²) >= 11 is 0. The number of aromatic nitrogens is 2. The van der Waals surface area contributed by atoms with Crippen LogP contribution in [0.15, 0.2) is 54.6 Å². The molecule has 2 bridgehead atoms. The van der Waals surface area contributed by atoms with Gasteiger partial charge in [-0.05, 0) is 53.6 Å². The lowest BCUT2D eigenvalue weighted by Gasteiger charge is -2.13. The van der Waals surface area contributed by atoms with Gasteiger partial charge in [-0.3, -0.25) is 9.89 Å². The predicted molar refractivity (Wildman–Crippen MR) is 111 cm³/mol. The minimum Gasteiger partial charge on any atom is -0.287 e. The number of aromatic amines is 1. The molecule has 1 heterocycles. The van der Waals surface area contributed by atoms with E-state index < -0.39 is 11.6 Å². The van der Waals surface area contributed by atoms with Crippen molar-refractivity contribution in [1.29, 1.82) is 0 Å². The molecule has 0 amide bonds. The average molecular weight is 400 g/mol. The summed E-state index contributed by atoms with van der Waals surface area (Å²) in [6.07, 6.45) is 3.38. The van der Waals surface area contributed by atoms with Gasteiger partial charge in [-0.15, -0.1) is 0 Å². The van der Waals surface area contributed by atoms with Gasteiger partial charge in [0.25, 0.3) is 0 Å². The fraction of sp³-hybridized carbons (Fsp3) is 0.200. The van der Waals surface area contributed by atoms with Crippen molar-refractivity contribution in [1.82, 2.24) is 10.2 Å². The van der Waals surface area contributed by atoms with Crippen molar-refractivity contribution in [2.24, 2.45) is 0 Å². The number of H-pyrrole nitrogens is 1. The Morgan fingerprint density at radius 1 is 0.933 bits per heavy atom. The number of halogens is 2. The van der Waals surface area contributed by atoms with Gasteiger partial charge in [0.15, 0.2) is 0 Å². The summed E-state index contributed by atoms with van der Waals surface area (Å²) in [5, 5.41) is 8.99. The van der Waals surface area contributed by atoms with Crippen LogP contribution in [0.3, 0.4) is 0 Å². The van der Waals surface area contributed by atoms with Crippen LogP contribution in [-0.2, 0) is 0 Å². The molecule has 148 valence electrons. The summed E-state index contributed by atoms with van der Waals surface area (Å²) in [5.74, 6) is -0.432. The summed E-state index contributed by atoms with van der Waals surface area (Å²) in [7, 11) is 0. The first-order chi connectivity index (χ1) is 14.6. The van der Waals surface area contributed by atoms with Crippen molar-refractivity contribution >= 4 is 16.6 Å².